The number of rotatable bonds is 5. The van der Waals surface area contributed by atoms with Crippen LogP contribution in [0.15, 0.2) is 36.4 Å². The summed E-state index contributed by atoms with van der Waals surface area (Å²) in [4.78, 5) is 35.0. The first-order valence-corrected chi connectivity index (χ1v) is 7.95. The number of hydrogen-bond donors (Lipinski definition) is 0. The lowest BCUT2D eigenvalue weighted by molar-refractivity contribution is -0.385. The molecule has 0 aliphatic rings. The maximum Gasteiger partial charge on any atom is 0.337 e. The zero-order valence-electron chi connectivity index (χ0n) is 13.7. The Hall–Kier alpha value is -2.64. The summed E-state index contributed by atoms with van der Waals surface area (Å²) in [5, 5.41) is 11.7. The summed E-state index contributed by atoms with van der Waals surface area (Å²) in [6.07, 6.45) is 0. The van der Waals surface area contributed by atoms with E-state index in [2.05, 4.69) is 4.74 Å². The first kappa shape index (κ1) is 19.7. The predicted molar refractivity (Wildman–Crippen MR) is 94.8 cm³/mol. The van der Waals surface area contributed by atoms with Crippen LogP contribution in [-0.2, 0) is 14.3 Å². The van der Waals surface area contributed by atoms with Crippen LogP contribution in [0.3, 0.4) is 0 Å². The summed E-state index contributed by atoms with van der Waals surface area (Å²) in [6, 6.07) is 8.06. The minimum atomic E-state index is -1.23. The summed E-state index contributed by atoms with van der Waals surface area (Å²) in [5.41, 5.74) is -0.0214. The Kier molecular flexibility index (Phi) is 6.18. The fraction of sp³-hybridized carbons (Fsp3) is 0.176. The van der Waals surface area contributed by atoms with Crippen LogP contribution >= 0.6 is 23.2 Å². The Morgan fingerprint density at radius 2 is 1.73 bits per heavy atom. The van der Waals surface area contributed by atoms with Crippen LogP contribution in [-0.4, -0.2) is 31.1 Å². The molecule has 0 aromatic heterocycles. The van der Waals surface area contributed by atoms with Gasteiger partial charge in [0, 0.05) is 21.7 Å². The quantitative estimate of drug-likeness (QED) is 0.429. The van der Waals surface area contributed by atoms with Crippen molar-refractivity contribution in [1.82, 2.24) is 0 Å². The van der Waals surface area contributed by atoms with Crippen LogP contribution in [0.25, 0.3) is 0 Å². The van der Waals surface area contributed by atoms with Crippen LogP contribution in [0.2, 0.25) is 10.0 Å². The highest BCUT2D eigenvalue weighted by Gasteiger charge is 2.32. The zero-order chi connectivity index (χ0) is 19.4. The van der Waals surface area contributed by atoms with E-state index in [1.807, 2.05) is 0 Å². The second-order valence-corrected chi connectivity index (χ2v) is 5.99. The SMILES string of the molecule is COC(=O)c1ccc(Cl)c(C(C(=O)OC)c2ccc(Cl)cc2[N+](=O)[O-])c1. The maximum atomic E-state index is 12.4. The van der Waals surface area contributed by atoms with Gasteiger partial charge in [0.1, 0.15) is 5.92 Å². The molecule has 26 heavy (non-hydrogen) atoms. The van der Waals surface area contributed by atoms with E-state index >= 15 is 0 Å². The third-order valence-electron chi connectivity index (χ3n) is 3.67. The molecule has 136 valence electrons. The first-order valence-electron chi connectivity index (χ1n) is 7.19. The zero-order valence-corrected chi connectivity index (χ0v) is 15.2. The van der Waals surface area contributed by atoms with E-state index in [9.17, 15) is 19.7 Å². The summed E-state index contributed by atoms with van der Waals surface area (Å²) < 4.78 is 9.46. The van der Waals surface area contributed by atoms with Crippen molar-refractivity contribution in [2.75, 3.05) is 14.2 Å². The molecule has 0 fully saturated rings. The molecule has 0 aliphatic carbocycles. The highest BCUT2D eigenvalue weighted by molar-refractivity contribution is 6.32. The molecule has 0 radical (unpaired) electrons. The topological polar surface area (TPSA) is 95.7 Å². The lowest BCUT2D eigenvalue weighted by Crippen LogP contribution is -2.18. The minimum absolute atomic E-state index is 0.0372. The molecule has 1 unspecified atom stereocenters. The number of carbonyl (C=O) groups excluding carboxylic acids is 2. The summed E-state index contributed by atoms with van der Waals surface area (Å²) in [6.45, 7) is 0. The van der Waals surface area contributed by atoms with Gasteiger partial charge in [-0.05, 0) is 35.9 Å². The Morgan fingerprint density at radius 1 is 1.04 bits per heavy atom. The van der Waals surface area contributed by atoms with Gasteiger partial charge in [-0.3, -0.25) is 14.9 Å². The molecule has 0 spiro atoms. The van der Waals surface area contributed by atoms with Crippen LogP contribution in [0.1, 0.15) is 27.4 Å². The third-order valence-corrected chi connectivity index (χ3v) is 4.24. The molecule has 0 aliphatic heterocycles. The molecule has 0 saturated heterocycles. The monoisotopic (exact) mass is 397 g/mol. The second kappa shape index (κ2) is 8.16. The van der Waals surface area contributed by atoms with E-state index in [1.54, 1.807) is 0 Å². The van der Waals surface area contributed by atoms with E-state index < -0.39 is 22.8 Å². The van der Waals surface area contributed by atoms with Crippen molar-refractivity contribution in [1.29, 1.82) is 0 Å². The smallest absolute Gasteiger partial charge is 0.337 e. The van der Waals surface area contributed by atoms with E-state index in [0.717, 1.165) is 13.2 Å². The van der Waals surface area contributed by atoms with Crippen molar-refractivity contribution in [3.63, 3.8) is 0 Å². The lowest BCUT2D eigenvalue weighted by Gasteiger charge is -2.18. The molecule has 0 amide bonds. The number of nitro groups is 1. The lowest BCUT2D eigenvalue weighted by atomic mass is 9.89. The molecule has 2 aromatic carbocycles. The number of ether oxygens (including phenoxy) is 2. The molecular weight excluding hydrogens is 385 g/mol. The fourth-order valence-corrected chi connectivity index (χ4v) is 2.86. The third kappa shape index (κ3) is 3.95. The molecule has 0 N–H and O–H groups in total. The molecule has 2 rings (SSSR count). The average Bonchev–Trinajstić information content (AvgIpc) is 2.63. The van der Waals surface area contributed by atoms with Crippen LogP contribution in [0.5, 0.6) is 0 Å². The summed E-state index contributed by atoms with van der Waals surface area (Å²) in [5.74, 6) is -2.65. The Bertz CT molecular complexity index is 884. The number of esters is 2. The van der Waals surface area contributed by atoms with Crippen molar-refractivity contribution in [2.24, 2.45) is 0 Å². The Morgan fingerprint density at radius 3 is 2.31 bits per heavy atom. The van der Waals surface area contributed by atoms with Gasteiger partial charge in [0.25, 0.3) is 5.69 Å². The number of methoxy groups -OCH3 is 2. The van der Waals surface area contributed by atoms with E-state index in [0.29, 0.717) is 0 Å². The van der Waals surface area contributed by atoms with Gasteiger partial charge in [-0.2, -0.15) is 0 Å². The number of carbonyl (C=O) groups is 2. The van der Waals surface area contributed by atoms with Crippen molar-refractivity contribution < 1.29 is 24.0 Å². The second-order valence-electron chi connectivity index (χ2n) is 5.14. The number of halogens is 2. The largest absolute Gasteiger partial charge is 0.468 e. The number of benzene rings is 2. The van der Waals surface area contributed by atoms with Gasteiger partial charge < -0.3 is 9.47 Å². The van der Waals surface area contributed by atoms with Gasteiger partial charge >= 0.3 is 11.9 Å². The maximum absolute atomic E-state index is 12.4. The summed E-state index contributed by atoms with van der Waals surface area (Å²) >= 11 is 12.0. The molecule has 1 atom stereocenters. The van der Waals surface area contributed by atoms with Gasteiger partial charge in [0.05, 0.1) is 24.7 Å². The normalized spacial score (nSPS) is 11.5. The Labute approximate surface area is 158 Å². The number of nitrogens with zero attached hydrogens (tertiary/aromatic N) is 1. The minimum Gasteiger partial charge on any atom is -0.468 e. The van der Waals surface area contributed by atoms with Crippen molar-refractivity contribution in [2.45, 2.75) is 5.92 Å². The highest BCUT2D eigenvalue weighted by Crippen LogP contribution is 2.38. The van der Waals surface area contributed by atoms with Crippen LogP contribution < -0.4 is 0 Å². The van der Waals surface area contributed by atoms with E-state index in [-0.39, 0.29) is 32.4 Å². The average molecular weight is 398 g/mol. The van der Waals surface area contributed by atoms with Gasteiger partial charge in [0.2, 0.25) is 0 Å². The molecule has 2 aromatic rings. The predicted octanol–water partition coefficient (Wildman–Crippen LogP) is 3.99. The van der Waals surface area contributed by atoms with Crippen molar-refractivity contribution >= 4 is 40.8 Å². The van der Waals surface area contributed by atoms with Crippen LogP contribution in [0.4, 0.5) is 5.69 Å². The molecular formula is C17H13Cl2NO6. The van der Waals surface area contributed by atoms with E-state index in [1.165, 1.54) is 37.4 Å². The van der Waals surface area contributed by atoms with Gasteiger partial charge in [-0.15, -0.1) is 0 Å². The van der Waals surface area contributed by atoms with E-state index in [4.69, 9.17) is 27.9 Å². The molecule has 0 heterocycles. The summed E-state index contributed by atoms with van der Waals surface area (Å²) in [7, 11) is 2.35. The van der Waals surface area contributed by atoms with Crippen LogP contribution in [0, 0.1) is 10.1 Å². The van der Waals surface area contributed by atoms with Crippen molar-refractivity contribution in [3.05, 3.63) is 73.2 Å². The molecule has 9 heteroatoms. The first-order chi connectivity index (χ1) is 12.3. The van der Waals surface area contributed by atoms with Gasteiger partial charge in [-0.25, -0.2) is 4.79 Å². The van der Waals surface area contributed by atoms with Gasteiger partial charge in [-0.1, -0.05) is 23.2 Å². The molecule has 0 saturated carbocycles. The highest BCUT2D eigenvalue weighted by atomic mass is 35.5. The molecule has 0 bridgehead atoms. The number of hydrogen-bond acceptors (Lipinski definition) is 6. The number of nitro benzene ring substituents is 1. The fourth-order valence-electron chi connectivity index (χ4n) is 2.47. The molecule has 7 nitrogen and oxygen atoms in total. The van der Waals surface area contributed by atoms with Crippen molar-refractivity contribution in [3.8, 4) is 0 Å². The standard InChI is InChI=1S/C17H13Cl2NO6/c1-25-16(21)9-3-6-13(19)12(7-9)15(17(22)26-2)11-5-4-10(18)8-14(11)20(23)24/h3-8,15H,1-2H3. The Balaban J connectivity index is 2.74. The van der Waals surface area contributed by atoms with Gasteiger partial charge in [0.15, 0.2) is 0 Å².